The van der Waals surface area contributed by atoms with Gasteiger partial charge in [0.25, 0.3) is 5.91 Å². The Labute approximate surface area is 155 Å². The third-order valence-electron chi connectivity index (χ3n) is 4.54. The first-order valence-corrected chi connectivity index (χ1v) is 8.98. The summed E-state index contributed by atoms with van der Waals surface area (Å²) in [7, 11) is 0. The van der Waals surface area contributed by atoms with Crippen LogP contribution in [-0.2, 0) is 0 Å². The molecule has 5 heteroatoms. The summed E-state index contributed by atoms with van der Waals surface area (Å²) in [5.41, 5.74) is 6.76. The number of carbonyl (C=O) groups excluding carboxylic acids is 1. The van der Waals surface area contributed by atoms with E-state index in [-0.39, 0.29) is 11.9 Å². The molecule has 0 radical (unpaired) electrons. The van der Waals surface area contributed by atoms with Gasteiger partial charge in [0, 0.05) is 10.0 Å². The number of rotatable bonds is 2. The Morgan fingerprint density at radius 2 is 1.68 bits per heavy atom. The van der Waals surface area contributed by atoms with Gasteiger partial charge in [0.05, 0.1) is 17.4 Å². The van der Waals surface area contributed by atoms with Crippen LogP contribution in [-0.4, -0.2) is 15.7 Å². The molecule has 1 aliphatic heterocycles. The number of aromatic nitrogens is 2. The van der Waals surface area contributed by atoms with E-state index >= 15 is 0 Å². The molecule has 2 heterocycles. The SMILES string of the molecule is Cc1cc(C)cc(-n2nc(C)c3c2C(=O)NC3c2ccc(Br)cc2)c1. The van der Waals surface area contributed by atoms with E-state index < -0.39 is 0 Å². The Hall–Kier alpha value is -2.40. The smallest absolute Gasteiger partial charge is 0.271 e. The first kappa shape index (κ1) is 16.1. The van der Waals surface area contributed by atoms with Crippen LogP contribution in [0.15, 0.2) is 46.9 Å². The molecule has 0 spiro atoms. The minimum Gasteiger partial charge on any atom is -0.340 e. The second-order valence-corrected chi connectivity index (χ2v) is 7.48. The Balaban J connectivity index is 1.87. The molecule has 0 saturated carbocycles. The highest BCUT2D eigenvalue weighted by Crippen LogP contribution is 2.35. The molecule has 2 aromatic carbocycles. The number of hydrogen-bond acceptors (Lipinski definition) is 2. The number of nitrogens with one attached hydrogen (secondary N) is 1. The van der Waals surface area contributed by atoms with E-state index in [2.05, 4.69) is 58.4 Å². The second kappa shape index (κ2) is 5.85. The van der Waals surface area contributed by atoms with Crippen molar-refractivity contribution in [1.29, 1.82) is 0 Å². The van der Waals surface area contributed by atoms with Gasteiger partial charge in [0.15, 0.2) is 0 Å². The summed E-state index contributed by atoms with van der Waals surface area (Å²) in [6.07, 6.45) is 0. The van der Waals surface area contributed by atoms with E-state index in [0.717, 1.165) is 38.1 Å². The number of carbonyl (C=O) groups is 1. The van der Waals surface area contributed by atoms with Crippen molar-refractivity contribution < 1.29 is 4.79 Å². The van der Waals surface area contributed by atoms with E-state index in [1.807, 2.05) is 31.2 Å². The molecule has 1 atom stereocenters. The van der Waals surface area contributed by atoms with Gasteiger partial charge in [-0.25, -0.2) is 4.68 Å². The van der Waals surface area contributed by atoms with Gasteiger partial charge in [-0.15, -0.1) is 0 Å². The van der Waals surface area contributed by atoms with Crippen LogP contribution in [0.1, 0.15) is 44.5 Å². The third-order valence-corrected chi connectivity index (χ3v) is 5.07. The quantitative estimate of drug-likeness (QED) is 0.698. The van der Waals surface area contributed by atoms with Gasteiger partial charge in [-0.1, -0.05) is 34.1 Å². The van der Waals surface area contributed by atoms with E-state index in [1.165, 1.54) is 0 Å². The number of hydrogen-bond donors (Lipinski definition) is 1. The lowest BCUT2D eigenvalue weighted by Crippen LogP contribution is -2.22. The number of amides is 1. The highest BCUT2D eigenvalue weighted by molar-refractivity contribution is 9.10. The standard InChI is InChI=1S/C20H18BrN3O/c1-11-8-12(2)10-16(9-11)24-19-17(13(3)23-24)18(22-20(19)25)14-4-6-15(21)7-5-14/h4-10,18H,1-3H3,(H,22,25). The molecule has 1 aliphatic rings. The van der Waals surface area contributed by atoms with Crippen molar-refractivity contribution in [2.75, 3.05) is 0 Å². The molecule has 126 valence electrons. The van der Waals surface area contributed by atoms with Gasteiger partial charge >= 0.3 is 0 Å². The lowest BCUT2D eigenvalue weighted by atomic mass is 10.0. The van der Waals surface area contributed by atoms with Gasteiger partial charge in [0.1, 0.15) is 5.69 Å². The molecule has 1 aromatic heterocycles. The van der Waals surface area contributed by atoms with Crippen molar-refractivity contribution in [3.8, 4) is 5.69 Å². The van der Waals surface area contributed by atoms with Crippen molar-refractivity contribution in [2.45, 2.75) is 26.8 Å². The predicted molar refractivity (Wildman–Crippen MR) is 101 cm³/mol. The Bertz CT molecular complexity index is 969. The molecule has 0 aliphatic carbocycles. The van der Waals surface area contributed by atoms with Crippen LogP contribution >= 0.6 is 15.9 Å². The molecule has 4 nitrogen and oxygen atoms in total. The fraction of sp³-hybridized carbons (Fsp3) is 0.200. The van der Waals surface area contributed by atoms with Crippen molar-refractivity contribution in [1.82, 2.24) is 15.1 Å². The first-order chi connectivity index (χ1) is 11.9. The van der Waals surface area contributed by atoms with Gasteiger partial charge < -0.3 is 5.32 Å². The van der Waals surface area contributed by atoms with E-state index in [0.29, 0.717) is 5.69 Å². The summed E-state index contributed by atoms with van der Waals surface area (Å²) in [5.74, 6) is -0.0809. The number of fused-ring (bicyclic) bond motifs is 1. The maximum Gasteiger partial charge on any atom is 0.271 e. The topological polar surface area (TPSA) is 46.9 Å². The average molecular weight is 396 g/mol. The van der Waals surface area contributed by atoms with Crippen LogP contribution in [0, 0.1) is 20.8 Å². The van der Waals surface area contributed by atoms with Gasteiger partial charge in [-0.3, -0.25) is 4.79 Å². The molecule has 0 fully saturated rings. The van der Waals surface area contributed by atoms with Crippen LogP contribution in [0.2, 0.25) is 0 Å². The second-order valence-electron chi connectivity index (χ2n) is 6.56. The largest absolute Gasteiger partial charge is 0.340 e. The van der Waals surface area contributed by atoms with E-state index in [4.69, 9.17) is 0 Å². The molecular formula is C20H18BrN3O. The molecule has 4 rings (SSSR count). The summed E-state index contributed by atoms with van der Waals surface area (Å²) in [4.78, 5) is 12.7. The van der Waals surface area contributed by atoms with Crippen molar-refractivity contribution in [2.24, 2.45) is 0 Å². The molecule has 1 N–H and O–H groups in total. The van der Waals surface area contributed by atoms with Gasteiger partial charge in [0.2, 0.25) is 0 Å². The zero-order valence-electron chi connectivity index (χ0n) is 14.3. The number of benzene rings is 2. The lowest BCUT2D eigenvalue weighted by molar-refractivity contribution is 0.0953. The number of nitrogens with zero attached hydrogens (tertiary/aromatic N) is 2. The van der Waals surface area contributed by atoms with Crippen LogP contribution in [0.25, 0.3) is 5.69 Å². The maximum absolute atomic E-state index is 12.7. The summed E-state index contributed by atoms with van der Waals surface area (Å²) in [6, 6.07) is 14.1. The van der Waals surface area contributed by atoms with Crippen LogP contribution < -0.4 is 5.32 Å². The van der Waals surface area contributed by atoms with Crippen LogP contribution in [0.4, 0.5) is 0 Å². The minimum absolute atomic E-state index is 0.0809. The fourth-order valence-corrected chi connectivity index (χ4v) is 3.80. The third kappa shape index (κ3) is 2.68. The molecule has 1 amide bonds. The maximum atomic E-state index is 12.7. The summed E-state index contributed by atoms with van der Waals surface area (Å²) in [6.45, 7) is 6.07. The summed E-state index contributed by atoms with van der Waals surface area (Å²) in [5, 5.41) is 7.78. The zero-order chi connectivity index (χ0) is 17.7. The van der Waals surface area contributed by atoms with E-state index in [1.54, 1.807) is 4.68 Å². The normalized spacial score (nSPS) is 16.0. The van der Waals surface area contributed by atoms with Gasteiger partial charge in [-0.05, 0) is 61.7 Å². The summed E-state index contributed by atoms with van der Waals surface area (Å²) < 4.78 is 2.79. The Morgan fingerprint density at radius 1 is 1.04 bits per heavy atom. The van der Waals surface area contributed by atoms with Crippen LogP contribution in [0.5, 0.6) is 0 Å². The predicted octanol–water partition coefficient (Wildman–Crippen LogP) is 4.39. The van der Waals surface area contributed by atoms with Gasteiger partial charge in [-0.2, -0.15) is 5.10 Å². The molecule has 1 unspecified atom stereocenters. The average Bonchev–Trinajstić information content (AvgIpc) is 3.07. The Morgan fingerprint density at radius 3 is 2.32 bits per heavy atom. The molecule has 0 saturated heterocycles. The van der Waals surface area contributed by atoms with E-state index in [9.17, 15) is 4.79 Å². The van der Waals surface area contributed by atoms with Crippen molar-refractivity contribution in [3.05, 3.63) is 80.6 Å². The molecular weight excluding hydrogens is 378 g/mol. The highest BCUT2D eigenvalue weighted by atomic mass is 79.9. The number of halogens is 1. The number of aryl methyl sites for hydroxylation is 3. The fourth-order valence-electron chi connectivity index (χ4n) is 3.54. The molecule has 0 bridgehead atoms. The zero-order valence-corrected chi connectivity index (χ0v) is 15.9. The van der Waals surface area contributed by atoms with Crippen LogP contribution in [0.3, 0.4) is 0 Å². The highest BCUT2D eigenvalue weighted by Gasteiger charge is 2.36. The first-order valence-electron chi connectivity index (χ1n) is 8.18. The molecule has 25 heavy (non-hydrogen) atoms. The molecule has 3 aromatic rings. The summed E-state index contributed by atoms with van der Waals surface area (Å²) >= 11 is 3.46. The van der Waals surface area contributed by atoms with Crippen molar-refractivity contribution >= 4 is 21.8 Å². The monoisotopic (exact) mass is 395 g/mol. The Kier molecular flexibility index (Phi) is 3.76. The minimum atomic E-state index is -0.157. The van der Waals surface area contributed by atoms with Crippen molar-refractivity contribution in [3.63, 3.8) is 0 Å². The lowest BCUT2D eigenvalue weighted by Gasteiger charge is -2.12.